The summed E-state index contributed by atoms with van der Waals surface area (Å²) in [6.07, 6.45) is 1.95. The molecule has 1 aromatic carbocycles. The van der Waals surface area contributed by atoms with Crippen LogP contribution in [0.25, 0.3) is 0 Å². The molecule has 1 N–H and O–H groups in total. The molecule has 4 heteroatoms. The Balaban J connectivity index is 2.30. The molecular formula is C16H21BrN2O. The lowest BCUT2D eigenvalue weighted by Crippen LogP contribution is -2.17. The molecular weight excluding hydrogens is 316 g/mol. The van der Waals surface area contributed by atoms with E-state index in [1.54, 1.807) is 4.68 Å². The van der Waals surface area contributed by atoms with Crippen molar-refractivity contribution in [3.05, 3.63) is 51.8 Å². The van der Waals surface area contributed by atoms with Crippen LogP contribution in [0.15, 0.2) is 34.9 Å². The van der Waals surface area contributed by atoms with Crippen molar-refractivity contribution < 1.29 is 5.11 Å². The van der Waals surface area contributed by atoms with Crippen LogP contribution < -0.4 is 0 Å². The third-order valence-electron chi connectivity index (χ3n) is 3.30. The van der Waals surface area contributed by atoms with Gasteiger partial charge in [-0.2, -0.15) is 5.10 Å². The third-order valence-corrected chi connectivity index (χ3v) is 4.07. The average Bonchev–Trinajstić information content (AvgIpc) is 2.74. The van der Waals surface area contributed by atoms with Crippen LogP contribution in [0.2, 0.25) is 0 Å². The molecule has 0 saturated carbocycles. The van der Waals surface area contributed by atoms with Crippen LogP contribution in [-0.2, 0) is 18.9 Å². The lowest BCUT2D eigenvalue weighted by molar-refractivity contribution is 0.175. The molecule has 1 atom stereocenters. The van der Waals surface area contributed by atoms with Crippen LogP contribution in [0.3, 0.4) is 0 Å². The molecule has 0 bridgehead atoms. The normalized spacial score (nSPS) is 13.5. The first-order valence-corrected chi connectivity index (χ1v) is 7.54. The van der Waals surface area contributed by atoms with Gasteiger partial charge in [0, 0.05) is 35.1 Å². The van der Waals surface area contributed by atoms with Gasteiger partial charge in [-0.1, -0.05) is 54.9 Å². The minimum Gasteiger partial charge on any atom is -0.388 e. The number of aromatic nitrogens is 2. The van der Waals surface area contributed by atoms with Crippen LogP contribution in [0, 0.1) is 0 Å². The van der Waals surface area contributed by atoms with Gasteiger partial charge in [-0.25, -0.2) is 0 Å². The number of hydrogen-bond acceptors (Lipinski definition) is 2. The van der Waals surface area contributed by atoms with Crippen molar-refractivity contribution in [1.29, 1.82) is 0 Å². The van der Waals surface area contributed by atoms with E-state index in [0.717, 1.165) is 21.3 Å². The summed E-state index contributed by atoms with van der Waals surface area (Å²) in [4.78, 5) is 0. The zero-order chi connectivity index (χ0) is 14.9. The number of hydrogen-bond donors (Lipinski definition) is 1. The van der Waals surface area contributed by atoms with E-state index in [1.165, 1.54) is 0 Å². The number of aliphatic hydroxyl groups excluding tert-OH is 1. The van der Waals surface area contributed by atoms with Crippen molar-refractivity contribution in [2.24, 2.45) is 7.05 Å². The Morgan fingerprint density at radius 3 is 2.55 bits per heavy atom. The van der Waals surface area contributed by atoms with Gasteiger partial charge in [0.1, 0.15) is 0 Å². The molecule has 0 amide bonds. The summed E-state index contributed by atoms with van der Waals surface area (Å²) in [7, 11) is 1.89. The molecule has 20 heavy (non-hydrogen) atoms. The maximum Gasteiger partial charge on any atom is 0.0864 e. The fourth-order valence-corrected chi connectivity index (χ4v) is 2.76. The second kappa shape index (κ2) is 5.70. The highest BCUT2D eigenvalue weighted by Gasteiger charge is 2.26. The summed E-state index contributed by atoms with van der Waals surface area (Å²) in [6.45, 7) is 6.35. The van der Waals surface area contributed by atoms with E-state index in [9.17, 15) is 5.11 Å². The van der Waals surface area contributed by atoms with Gasteiger partial charge < -0.3 is 5.11 Å². The molecule has 108 valence electrons. The first-order chi connectivity index (χ1) is 9.29. The number of halogens is 1. The number of aryl methyl sites for hydroxylation is 1. The van der Waals surface area contributed by atoms with E-state index >= 15 is 0 Å². The molecule has 0 saturated heterocycles. The SMILES string of the molecule is Cn1cc(C(O)Cc2ccccc2Br)c(C(C)(C)C)n1. The maximum absolute atomic E-state index is 10.6. The average molecular weight is 337 g/mol. The van der Waals surface area contributed by atoms with Gasteiger partial charge in [0.2, 0.25) is 0 Å². The smallest absolute Gasteiger partial charge is 0.0864 e. The molecule has 1 aromatic heterocycles. The van der Waals surface area contributed by atoms with Crippen molar-refractivity contribution in [1.82, 2.24) is 9.78 Å². The molecule has 0 aliphatic heterocycles. The quantitative estimate of drug-likeness (QED) is 0.926. The van der Waals surface area contributed by atoms with Crippen LogP contribution in [0.4, 0.5) is 0 Å². The summed E-state index contributed by atoms with van der Waals surface area (Å²) in [5.41, 5.74) is 2.89. The van der Waals surface area contributed by atoms with Crippen molar-refractivity contribution in [3.63, 3.8) is 0 Å². The van der Waals surface area contributed by atoms with E-state index < -0.39 is 6.10 Å². The van der Waals surface area contributed by atoms with Crippen molar-refractivity contribution in [2.45, 2.75) is 38.7 Å². The van der Waals surface area contributed by atoms with Gasteiger partial charge in [0.25, 0.3) is 0 Å². The van der Waals surface area contributed by atoms with Gasteiger partial charge >= 0.3 is 0 Å². The van der Waals surface area contributed by atoms with E-state index in [4.69, 9.17) is 0 Å². The Kier molecular flexibility index (Phi) is 4.35. The standard InChI is InChI=1S/C16H21BrN2O/c1-16(2,3)15-12(10-19(4)18-15)14(20)9-11-7-5-6-8-13(11)17/h5-8,10,14,20H,9H2,1-4H3. The Morgan fingerprint density at radius 2 is 1.95 bits per heavy atom. The first kappa shape index (κ1) is 15.3. The third kappa shape index (κ3) is 3.30. The Hall–Kier alpha value is -1.13. The van der Waals surface area contributed by atoms with E-state index in [2.05, 4.69) is 41.8 Å². The molecule has 2 rings (SSSR count). The molecule has 0 aliphatic rings. The van der Waals surface area contributed by atoms with Gasteiger partial charge in [0.05, 0.1) is 11.8 Å². The molecule has 2 aromatic rings. The Morgan fingerprint density at radius 1 is 1.30 bits per heavy atom. The monoisotopic (exact) mass is 336 g/mol. The van der Waals surface area contributed by atoms with Crippen LogP contribution >= 0.6 is 15.9 Å². The van der Waals surface area contributed by atoms with Crippen LogP contribution in [0.1, 0.15) is 43.7 Å². The highest BCUT2D eigenvalue weighted by atomic mass is 79.9. The zero-order valence-corrected chi connectivity index (χ0v) is 14.0. The fraction of sp³-hybridized carbons (Fsp3) is 0.438. The largest absolute Gasteiger partial charge is 0.388 e. The molecule has 0 spiro atoms. The minimum atomic E-state index is -0.545. The molecule has 0 aliphatic carbocycles. The highest BCUT2D eigenvalue weighted by Crippen LogP contribution is 2.31. The number of rotatable bonds is 3. The van der Waals surface area contributed by atoms with Crippen molar-refractivity contribution >= 4 is 15.9 Å². The number of nitrogens with zero attached hydrogens (tertiary/aromatic N) is 2. The van der Waals surface area contributed by atoms with E-state index in [1.807, 2.05) is 37.5 Å². The fourth-order valence-electron chi connectivity index (χ4n) is 2.32. The summed E-state index contributed by atoms with van der Waals surface area (Å²) in [5.74, 6) is 0. The topological polar surface area (TPSA) is 38.0 Å². The van der Waals surface area contributed by atoms with Crippen LogP contribution in [0.5, 0.6) is 0 Å². The number of aliphatic hydroxyl groups is 1. The second-order valence-electron chi connectivity index (χ2n) is 6.17. The van der Waals surface area contributed by atoms with E-state index in [-0.39, 0.29) is 5.41 Å². The van der Waals surface area contributed by atoms with Crippen LogP contribution in [-0.4, -0.2) is 14.9 Å². The second-order valence-corrected chi connectivity index (χ2v) is 7.02. The maximum atomic E-state index is 10.6. The summed E-state index contributed by atoms with van der Waals surface area (Å²) >= 11 is 3.53. The molecule has 1 heterocycles. The highest BCUT2D eigenvalue weighted by molar-refractivity contribution is 9.10. The van der Waals surface area contributed by atoms with Crippen molar-refractivity contribution in [3.8, 4) is 0 Å². The minimum absolute atomic E-state index is 0.0779. The van der Waals surface area contributed by atoms with E-state index in [0.29, 0.717) is 6.42 Å². The summed E-state index contributed by atoms with van der Waals surface area (Å²) in [6, 6.07) is 7.99. The summed E-state index contributed by atoms with van der Waals surface area (Å²) < 4.78 is 2.80. The lowest BCUT2D eigenvalue weighted by Gasteiger charge is -2.20. The predicted octanol–water partition coefficient (Wildman–Crippen LogP) is 3.76. The first-order valence-electron chi connectivity index (χ1n) is 6.74. The Labute approximate surface area is 128 Å². The molecule has 3 nitrogen and oxygen atoms in total. The predicted molar refractivity (Wildman–Crippen MR) is 84.7 cm³/mol. The zero-order valence-electron chi connectivity index (χ0n) is 12.4. The molecule has 1 unspecified atom stereocenters. The van der Waals surface area contributed by atoms with Gasteiger partial charge in [0.15, 0.2) is 0 Å². The lowest BCUT2D eigenvalue weighted by atomic mass is 9.87. The summed E-state index contributed by atoms with van der Waals surface area (Å²) in [5, 5.41) is 15.1. The van der Waals surface area contributed by atoms with Gasteiger partial charge in [-0.05, 0) is 11.6 Å². The van der Waals surface area contributed by atoms with Gasteiger partial charge in [-0.15, -0.1) is 0 Å². The molecule has 0 radical (unpaired) electrons. The Bertz CT molecular complexity index is 599. The van der Waals surface area contributed by atoms with Crippen molar-refractivity contribution in [2.75, 3.05) is 0 Å². The van der Waals surface area contributed by atoms with Gasteiger partial charge in [-0.3, -0.25) is 4.68 Å². The number of benzene rings is 1. The molecule has 0 fully saturated rings.